The zero-order valence-electron chi connectivity index (χ0n) is 8.03. The molecule has 0 saturated carbocycles. The maximum Gasteiger partial charge on any atom is 0.0590 e. The summed E-state index contributed by atoms with van der Waals surface area (Å²) in [5.74, 6) is 3.22. The van der Waals surface area contributed by atoms with Crippen LogP contribution in [0.2, 0.25) is 0 Å². The summed E-state index contributed by atoms with van der Waals surface area (Å²) >= 11 is 5.51. The molecule has 2 unspecified atom stereocenters. The first-order chi connectivity index (χ1) is 6.77. The van der Waals surface area contributed by atoms with E-state index >= 15 is 0 Å². The number of nitrogens with one attached hydrogen (secondary N) is 1. The van der Waals surface area contributed by atoms with Crippen LogP contribution in [-0.2, 0) is 0 Å². The molecule has 1 aliphatic heterocycles. The molecule has 1 N–H and O–H groups in total. The summed E-state index contributed by atoms with van der Waals surface area (Å²) in [4.78, 5) is 4.05. The van der Waals surface area contributed by atoms with Crippen molar-refractivity contribution >= 4 is 33.4 Å². The second kappa shape index (κ2) is 4.53. The molecule has 4 heteroatoms. The predicted octanol–water partition coefficient (Wildman–Crippen LogP) is 3.01. The summed E-state index contributed by atoms with van der Waals surface area (Å²) in [6.45, 7) is 2.30. The minimum Gasteiger partial charge on any atom is -0.380 e. The Kier molecular flexibility index (Phi) is 3.34. The van der Waals surface area contributed by atoms with E-state index in [0.29, 0.717) is 6.04 Å². The first-order valence-electron chi connectivity index (χ1n) is 4.71. The first-order valence-corrected chi connectivity index (χ1v) is 6.66. The number of nitrogens with zero attached hydrogens (tertiary/aromatic N) is 1. The summed E-state index contributed by atoms with van der Waals surface area (Å²) < 4.78 is 1.05. The van der Waals surface area contributed by atoms with E-state index in [4.69, 9.17) is 0 Å². The van der Waals surface area contributed by atoms with E-state index in [1.807, 2.05) is 30.2 Å². The number of anilines is 1. The van der Waals surface area contributed by atoms with Crippen molar-refractivity contribution in [1.29, 1.82) is 0 Å². The van der Waals surface area contributed by atoms with Crippen molar-refractivity contribution < 1.29 is 0 Å². The molecule has 0 bridgehead atoms. The number of hydrogen-bond acceptors (Lipinski definition) is 3. The second-order valence-corrected chi connectivity index (χ2v) is 5.55. The quantitative estimate of drug-likeness (QED) is 0.896. The van der Waals surface area contributed by atoms with Gasteiger partial charge in [-0.2, -0.15) is 11.8 Å². The van der Waals surface area contributed by atoms with Crippen molar-refractivity contribution in [3.8, 4) is 0 Å². The van der Waals surface area contributed by atoms with E-state index in [1.165, 1.54) is 11.5 Å². The van der Waals surface area contributed by atoms with Gasteiger partial charge >= 0.3 is 0 Å². The average molecular weight is 273 g/mol. The van der Waals surface area contributed by atoms with Gasteiger partial charge in [-0.15, -0.1) is 0 Å². The lowest BCUT2D eigenvalue weighted by atomic mass is 10.1. The molecule has 1 saturated heterocycles. The fraction of sp³-hybridized carbons (Fsp3) is 0.500. The molecule has 1 fully saturated rings. The molecule has 1 aliphatic rings. The zero-order chi connectivity index (χ0) is 9.97. The van der Waals surface area contributed by atoms with Gasteiger partial charge in [-0.3, -0.25) is 4.98 Å². The number of aromatic nitrogens is 1. The highest BCUT2D eigenvalue weighted by Gasteiger charge is 2.23. The fourth-order valence-electron chi connectivity index (χ4n) is 1.54. The van der Waals surface area contributed by atoms with Gasteiger partial charge in [-0.05, 0) is 33.7 Å². The van der Waals surface area contributed by atoms with Crippen molar-refractivity contribution in [2.24, 2.45) is 5.92 Å². The zero-order valence-corrected chi connectivity index (χ0v) is 10.4. The second-order valence-electron chi connectivity index (χ2n) is 3.62. The van der Waals surface area contributed by atoms with Crippen molar-refractivity contribution in [2.45, 2.75) is 13.0 Å². The molecule has 0 spiro atoms. The molecular formula is C10H13BrN2S. The predicted molar refractivity (Wildman–Crippen MR) is 65.8 cm³/mol. The van der Waals surface area contributed by atoms with Gasteiger partial charge < -0.3 is 5.32 Å². The summed E-state index contributed by atoms with van der Waals surface area (Å²) in [6.07, 6.45) is 3.65. The van der Waals surface area contributed by atoms with Crippen molar-refractivity contribution in [3.05, 3.63) is 22.9 Å². The summed E-state index contributed by atoms with van der Waals surface area (Å²) in [5.41, 5.74) is 1.15. The van der Waals surface area contributed by atoms with Gasteiger partial charge in [0, 0.05) is 24.2 Å². The highest BCUT2D eigenvalue weighted by atomic mass is 79.9. The summed E-state index contributed by atoms with van der Waals surface area (Å²) in [6, 6.07) is 2.61. The SMILES string of the molecule is CC1CSCC1Nc1ccncc1Br. The molecule has 0 radical (unpaired) electrons. The molecule has 2 rings (SSSR count). The third-order valence-corrected chi connectivity index (χ3v) is 4.47. The van der Waals surface area contributed by atoms with Crippen LogP contribution in [0.3, 0.4) is 0 Å². The first kappa shape index (κ1) is 10.3. The number of rotatable bonds is 2. The largest absolute Gasteiger partial charge is 0.380 e. The van der Waals surface area contributed by atoms with Crippen LogP contribution in [0.15, 0.2) is 22.9 Å². The van der Waals surface area contributed by atoms with Gasteiger partial charge in [0.05, 0.1) is 10.2 Å². The summed E-state index contributed by atoms with van der Waals surface area (Å²) in [7, 11) is 0. The molecule has 0 aliphatic carbocycles. The van der Waals surface area contributed by atoms with Crippen LogP contribution >= 0.6 is 27.7 Å². The van der Waals surface area contributed by atoms with Gasteiger partial charge in [0.1, 0.15) is 0 Å². The van der Waals surface area contributed by atoms with Crippen LogP contribution in [0.4, 0.5) is 5.69 Å². The van der Waals surface area contributed by atoms with Gasteiger partial charge in [0.15, 0.2) is 0 Å². The molecule has 14 heavy (non-hydrogen) atoms. The Morgan fingerprint density at radius 2 is 2.43 bits per heavy atom. The molecular weight excluding hydrogens is 260 g/mol. The smallest absolute Gasteiger partial charge is 0.0590 e. The van der Waals surface area contributed by atoms with Gasteiger partial charge in [-0.1, -0.05) is 6.92 Å². The van der Waals surface area contributed by atoms with Crippen LogP contribution in [0, 0.1) is 5.92 Å². The average Bonchev–Trinajstić information content (AvgIpc) is 2.56. The van der Waals surface area contributed by atoms with Crippen LogP contribution in [0.5, 0.6) is 0 Å². The Hall–Kier alpha value is -0.220. The van der Waals surface area contributed by atoms with Gasteiger partial charge in [-0.25, -0.2) is 0 Å². The van der Waals surface area contributed by atoms with Crippen molar-refractivity contribution in [1.82, 2.24) is 4.98 Å². The molecule has 2 nitrogen and oxygen atoms in total. The lowest BCUT2D eigenvalue weighted by Gasteiger charge is -2.18. The normalized spacial score (nSPS) is 26.4. The minimum atomic E-state index is 0.596. The summed E-state index contributed by atoms with van der Waals surface area (Å²) in [5, 5.41) is 3.55. The molecule has 76 valence electrons. The lowest BCUT2D eigenvalue weighted by molar-refractivity contribution is 0.599. The molecule has 0 aromatic carbocycles. The Morgan fingerprint density at radius 1 is 1.57 bits per heavy atom. The van der Waals surface area contributed by atoms with Gasteiger partial charge in [0.25, 0.3) is 0 Å². The van der Waals surface area contributed by atoms with Crippen LogP contribution < -0.4 is 5.32 Å². The maximum atomic E-state index is 4.05. The number of hydrogen-bond donors (Lipinski definition) is 1. The molecule has 1 aromatic rings. The highest BCUT2D eigenvalue weighted by molar-refractivity contribution is 9.10. The highest BCUT2D eigenvalue weighted by Crippen LogP contribution is 2.29. The fourth-order valence-corrected chi connectivity index (χ4v) is 3.31. The van der Waals surface area contributed by atoms with Crippen LogP contribution in [-0.4, -0.2) is 22.5 Å². The maximum absolute atomic E-state index is 4.05. The van der Waals surface area contributed by atoms with E-state index < -0.39 is 0 Å². The third-order valence-electron chi connectivity index (χ3n) is 2.48. The number of thioether (sulfide) groups is 1. The lowest BCUT2D eigenvalue weighted by Crippen LogP contribution is -2.25. The molecule has 2 heterocycles. The standard InChI is InChI=1S/C10H13BrN2S/c1-7-5-14-6-10(7)13-9-2-3-12-4-8(9)11/h2-4,7,10H,5-6H2,1H3,(H,12,13). The Labute approximate surface area is 97.0 Å². The van der Waals surface area contributed by atoms with E-state index in [0.717, 1.165) is 16.1 Å². The number of halogens is 1. The molecule has 2 atom stereocenters. The van der Waals surface area contributed by atoms with E-state index in [-0.39, 0.29) is 0 Å². The monoisotopic (exact) mass is 272 g/mol. The topological polar surface area (TPSA) is 24.9 Å². The van der Waals surface area contributed by atoms with E-state index in [2.05, 4.69) is 33.2 Å². The Balaban J connectivity index is 2.07. The van der Waals surface area contributed by atoms with E-state index in [1.54, 1.807) is 0 Å². The minimum absolute atomic E-state index is 0.596. The van der Waals surface area contributed by atoms with Crippen molar-refractivity contribution in [3.63, 3.8) is 0 Å². The van der Waals surface area contributed by atoms with Crippen molar-refractivity contribution in [2.75, 3.05) is 16.8 Å². The van der Waals surface area contributed by atoms with Crippen LogP contribution in [0.25, 0.3) is 0 Å². The van der Waals surface area contributed by atoms with Gasteiger partial charge in [0.2, 0.25) is 0 Å². The third kappa shape index (κ3) is 2.23. The Bertz CT molecular complexity index is 319. The molecule has 0 amide bonds. The number of pyridine rings is 1. The molecule has 1 aromatic heterocycles. The van der Waals surface area contributed by atoms with E-state index in [9.17, 15) is 0 Å². The van der Waals surface area contributed by atoms with Crippen LogP contribution in [0.1, 0.15) is 6.92 Å². The Morgan fingerprint density at radius 3 is 3.07 bits per heavy atom.